The zero-order chi connectivity index (χ0) is 25.8. The molecule has 2 aromatic rings. The molecule has 2 aromatic carbocycles. The minimum atomic E-state index is -4.28. The third-order valence-corrected chi connectivity index (χ3v) is 7.62. The Morgan fingerprint density at radius 1 is 1.17 bits per heavy atom. The van der Waals surface area contributed by atoms with Crippen LogP contribution in [0.3, 0.4) is 0 Å². The maximum Gasteiger partial charge on any atom is 0.289 e. The first kappa shape index (κ1) is 26.5. The highest BCUT2D eigenvalue weighted by atomic mass is 32.2. The first-order chi connectivity index (χ1) is 16.5. The number of anilines is 1. The molecule has 1 fully saturated rings. The van der Waals surface area contributed by atoms with Gasteiger partial charge in [-0.3, -0.25) is 14.9 Å². The number of rotatable bonds is 7. The average molecular weight is 520 g/mol. The van der Waals surface area contributed by atoms with E-state index in [2.05, 4.69) is 10.0 Å². The number of nitrogens with one attached hydrogen (secondary N) is 2. The molecule has 1 heterocycles. The van der Waals surface area contributed by atoms with Gasteiger partial charge < -0.3 is 15.1 Å². The van der Waals surface area contributed by atoms with Gasteiger partial charge in [0.15, 0.2) is 10.0 Å². The average Bonchev–Trinajstić information content (AvgIpc) is 2.80. The first-order valence-corrected chi connectivity index (χ1v) is 13.1. The number of carbonyl (C=O) groups is 1. The number of sulfonamides is 1. The largest absolute Gasteiger partial charge is 0.333 e. The van der Waals surface area contributed by atoms with E-state index < -0.39 is 37.7 Å². The van der Waals surface area contributed by atoms with Crippen molar-refractivity contribution in [2.75, 3.05) is 11.9 Å². The van der Waals surface area contributed by atoms with Crippen molar-refractivity contribution in [3.63, 3.8) is 0 Å². The summed E-state index contributed by atoms with van der Waals surface area (Å²) in [4.78, 5) is 26.4. The molecule has 0 bridgehead atoms. The van der Waals surface area contributed by atoms with E-state index in [9.17, 15) is 23.3 Å². The van der Waals surface area contributed by atoms with Crippen LogP contribution in [-0.4, -0.2) is 59.0 Å². The van der Waals surface area contributed by atoms with Gasteiger partial charge in [-0.2, -0.15) is 0 Å². The number of hydrogen-bond acceptors (Lipinski definition) is 6. The quantitative estimate of drug-likeness (QED) is 0.324. The van der Waals surface area contributed by atoms with Crippen LogP contribution in [0.25, 0.3) is 0 Å². The van der Waals surface area contributed by atoms with Gasteiger partial charge in [-0.1, -0.05) is 30.3 Å². The van der Waals surface area contributed by atoms with E-state index in [0.717, 1.165) is 11.8 Å². The Labute approximate surface area is 210 Å². The lowest BCUT2D eigenvalue weighted by Gasteiger charge is -2.49. The van der Waals surface area contributed by atoms with Crippen molar-refractivity contribution >= 4 is 44.6 Å². The zero-order valence-electron chi connectivity index (χ0n) is 19.7. The lowest BCUT2D eigenvalue weighted by molar-refractivity contribution is -0.387. The Morgan fingerprint density at radius 2 is 1.80 bits per heavy atom. The number of thiocarbonyl (C=S) groups is 1. The summed E-state index contributed by atoms with van der Waals surface area (Å²) in [6.07, 6.45) is 0.287. The molecule has 2 N–H and O–H groups in total. The summed E-state index contributed by atoms with van der Waals surface area (Å²) in [6.45, 7) is 5.61. The highest BCUT2D eigenvalue weighted by Crippen LogP contribution is 2.28. The van der Waals surface area contributed by atoms with E-state index in [1.54, 1.807) is 9.80 Å². The number of nitrogens with zero attached hydrogens (tertiary/aromatic N) is 3. The molecule has 1 aliphatic rings. The van der Waals surface area contributed by atoms with E-state index in [0.29, 0.717) is 24.5 Å². The second kappa shape index (κ2) is 11.1. The van der Waals surface area contributed by atoms with Gasteiger partial charge in [-0.15, -0.1) is 0 Å². The second-order valence-corrected chi connectivity index (χ2v) is 10.6. The van der Waals surface area contributed by atoms with Crippen molar-refractivity contribution < 1.29 is 18.1 Å². The van der Waals surface area contributed by atoms with Gasteiger partial charge in [0.2, 0.25) is 15.9 Å². The Balaban J connectivity index is 1.99. The maximum absolute atomic E-state index is 13.3. The van der Waals surface area contributed by atoms with Crippen molar-refractivity contribution in [2.45, 2.75) is 56.8 Å². The van der Waals surface area contributed by atoms with Gasteiger partial charge in [-0.05, 0) is 57.1 Å². The fourth-order valence-electron chi connectivity index (χ4n) is 4.34. The number of likely N-dealkylation sites (tertiary alicyclic amines) is 1. The van der Waals surface area contributed by atoms with E-state index in [-0.39, 0.29) is 11.9 Å². The number of nitro groups is 1. The molecule has 1 aliphatic heterocycles. The molecular weight excluding hydrogens is 490 g/mol. The lowest BCUT2D eigenvalue weighted by Crippen LogP contribution is -2.66. The summed E-state index contributed by atoms with van der Waals surface area (Å²) in [5, 5.41) is 15.0. The van der Waals surface area contributed by atoms with Crippen LogP contribution >= 0.6 is 12.2 Å². The minimum absolute atomic E-state index is 0.241. The summed E-state index contributed by atoms with van der Waals surface area (Å²) in [5.74, 6) is -0.241. The molecule has 0 saturated carbocycles. The molecule has 2 atom stereocenters. The first-order valence-electron chi connectivity index (χ1n) is 11.2. The number of carbonyl (C=O) groups excluding carboxylic acids is 1. The maximum atomic E-state index is 13.3. The van der Waals surface area contributed by atoms with Crippen LogP contribution in [0.1, 0.15) is 33.6 Å². The molecule has 1 saturated heterocycles. The monoisotopic (exact) mass is 519 g/mol. The summed E-state index contributed by atoms with van der Waals surface area (Å²) >= 11 is 5.68. The van der Waals surface area contributed by atoms with Crippen molar-refractivity contribution in [3.05, 3.63) is 64.7 Å². The van der Waals surface area contributed by atoms with Gasteiger partial charge in [0, 0.05) is 31.3 Å². The van der Waals surface area contributed by atoms with Crippen molar-refractivity contribution in [2.24, 2.45) is 0 Å². The minimum Gasteiger partial charge on any atom is -0.333 e. The molecule has 10 nitrogen and oxygen atoms in total. The molecule has 12 heteroatoms. The van der Waals surface area contributed by atoms with Crippen LogP contribution in [0.4, 0.5) is 11.4 Å². The van der Waals surface area contributed by atoms with E-state index in [1.807, 2.05) is 44.2 Å². The van der Waals surface area contributed by atoms with Crippen LogP contribution in [0.15, 0.2) is 59.5 Å². The number of hydrogen-bond donors (Lipinski definition) is 2. The van der Waals surface area contributed by atoms with Gasteiger partial charge in [-0.25, -0.2) is 13.1 Å². The highest BCUT2D eigenvalue weighted by molar-refractivity contribution is 7.89. The van der Waals surface area contributed by atoms with E-state index in [4.69, 9.17) is 12.2 Å². The number of para-hydroxylation sites is 2. The molecule has 0 spiro atoms. The SMILES string of the molecule is CC(=O)N(C(C)C)[C@@H]1C(NS(=O)(=O)c2ccccc2[N+](=O)[O-])CCCN1C(=S)Nc1ccccc1. The zero-order valence-corrected chi connectivity index (χ0v) is 21.4. The van der Waals surface area contributed by atoms with Crippen molar-refractivity contribution in [1.29, 1.82) is 0 Å². The van der Waals surface area contributed by atoms with Gasteiger partial charge >= 0.3 is 0 Å². The summed E-state index contributed by atoms with van der Waals surface area (Å²) in [6, 6.07) is 13.5. The molecular formula is C23H29N5O5S2. The smallest absolute Gasteiger partial charge is 0.289 e. The summed E-state index contributed by atoms with van der Waals surface area (Å²) in [7, 11) is -4.28. The van der Waals surface area contributed by atoms with Crippen molar-refractivity contribution in [1.82, 2.24) is 14.5 Å². The topological polar surface area (TPSA) is 125 Å². The number of nitro benzene ring substituents is 1. The molecule has 0 aromatic heterocycles. The molecule has 0 radical (unpaired) electrons. The van der Waals surface area contributed by atoms with E-state index >= 15 is 0 Å². The highest BCUT2D eigenvalue weighted by Gasteiger charge is 2.42. The van der Waals surface area contributed by atoms with Crippen LogP contribution in [0, 0.1) is 10.1 Å². The molecule has 35 heavy (non-hydrogen) atoms. The van der Waals surface area contributed by atoms with Gasteiger partial charge in [0.05, 0.1) is 11.0 Å². The summed E-state index contributed by atoms with van der Waals surface area (Å²) < 4.78 is 29.3. The standard InChI is InChI=1S/C23H29N5O5S2/c1-16(2)27(17(3)29)22-19(25-35(32,33)21-14-8-7-13-20(21)28(30)31)12-9-15-26(22)23(34)24-18-10-5-4-6-11-18/h4-8,10-11,13-14,16,19,22,25H,9,12,15H2,1-3H3,(H,24,34)/t19?,22-/m1/s1. The van der Waals surface area contributed by atoms with Crippen LogP contribution in [0.2, 0.25) is 0 Å². The van der Waals surface area contributed by atoms with Crippen LogP contribution < -0.4 is 10.0 Å². The molecule has 1 unspecified atom stereocenters. The number of amides is 1. The predicted octanol–water partition coefficient (Wildman–Crippen LogP) is 3.32. The predicted molar refractivity (Wildman–Crippen MR) is 137 cm³/mol. The molecule has 1 amide bonds. The molecule has 3 rings (SSSR count). The Bertz CT molecular complexity index is 1190. The third kappa shape index (κ3) is 6.13. The molecule has 0 aliphatic carbocycles. The number of piperidine rings is 1. The number of benzene rings is 2. The normalized spacial score (nSPS) is 18.2. The van der Waals surface area contributed by atoms with Crippen LogP contribution in [0.5, 0.6) is 0 Å². The van der Waals surface area contributed by atoms with Gasteiger partial charge in [0.1, 0.15) is 6.17 Å². The van der Waals surface area contributed by atoms with Crippen molar-refractivity contribution in [3.8, 4) is 0 Å². The Morgan fingerprint density at radius 3 is 2.40 bits per heavy atom. The molecule has 188 valence electrons. The lowest BCUT2D eigenvalue weighted by atomic mass is 10.0. The Hall–Kier alpha value is -3.09. The summed E-state index contributed by atoms with van der Waals surface area (Å²) in [5.41, 5.74) is 0.246. The Kier molecular flexibility index (Phi) is 8.41. The second-order valence-electron chi connectivity index (χ2n) is 8.52. The van der Waals surface area contributed by atoms with Gasteiger partial charge in [0.25, 0.3) is 5.69 Å². The fraction of sp³-hybridized carbons (Fsp3) is 0.391. The van der Waals surface area contributed by atoms with Crippen LogP contribution in [-0.2, 0) is 14.8 Å². The van der Waals surface area contributed by atoms with E-state index in [1.165, 1.54) is 25.1 Å². The third-order valence-electron chi connectivity index (χ3n) is 5.74. The fourth-order valence-corrected chi connectivity index (χ4v) is 6.09.